The van der Waals surface area contributed by atoms with Crippen molar-refractivity contribution in [3.8, 4) is 5.75 Å². The Labute approximate surface area is 128 Å². The molecule has 2 aromatic rings. The molecular formula is C16H21BrNO2+. The Balaban J connectivity index is 1.86. The fourth-order valence-electron chi connectivity index (χ4n) is 2.09. The van der Waals surface area contributed by atoms with Gasteiger partial charge in [-0.15, -0.1) is 0 Å². The van der Waals surface area contributed by atoms with Crippen LogP contribution in [0.2, 0.25) is 0 Å². The first kappa shape index (κ1) is 15.3. The van der Waals surface area contributed by atoms with Crippen LogP contribution in [0.4, 0.5) is 0 Å². The maximum absolute atomic E-state index is 9.16. The highest BCUT2D eigenvalue weighted by Crippen LogP contribution is 2.32. The third kappa shape index (κ3) is 4.20. The molecule has 3 N–H and O–H groups in total. The molecule has 0 radical (unpaired) electrons. The van der Waals surface area contributed by atoms with Gasteiger partial charge in [0.05, 0.1) is 23.7 Å². The predicted molar refractivity (Wildman–Crippen MR) is 85.1 cm³/mol. The van der Waals surface area contributed by atoms with Gasteiger partial charge in [-0.25, -0.2) is 0 Å². The number of fused-ring (bicyclic) bond motifs is 1. The van der Waals surface area contributed by atoms with Crippen LogP contribution in [0.25, 0.3) is 10.8 Å². The lowest BCUT2D eigenvalue weighted by molar-refractivity contribution is -0.660. The van der Waals surface area contributed by atoms with Crippen LogP contribution in [-0.2, 0) is 0 Å². The van der Waals surface area contributed by atoms with Crippen molar-refractivity contribution in [3.63, 3.8) is 0 Å². The van der Waals surface area contributed by atoms with E-state index in [4.69, 9.17) is 9.84 Å². The van der Waals surface area contributed by atoms with Gasteiger partial charge in [0.1, 0.15) is 12.3 Å². The molecule has 3 nitrogen and oxygen atoms in total. The smallest absolute Gasteiger partial charge is 0.134 e. The third-order valence-electron chi connectivity index (χ3n) is 3.15. The van der Waals surface area contributed by atoms with Crippen LogP contribution >= 0.6 is 15.9 Å². The summed E-state index contributed by atoms with van der Waals surface area (Å²) in [7, 11) is 0. The van der Waals surface area contributed by atoms with Crippen LogP contribution in [0.3, 0.4) is 0 Å². The van der Waals surface area contributed by atoms with Crippen LogP contribution in [0, 0.1) is 0 Å². The summed E-state index contributed by atoms with van der Waals surface area (Å²) in [6.07, 6.45) is 0.719. The predicted octanol–water partition coefficient (Wildman–Crippen LogP) is 2.32. The summed E-state index contributed by atoms with van der Waals surface area (Å²) in [6, 6.07) is 12.3. The number of rotatable bonds is 7. The average Bonchev–Trinajstić information content (AvgIpc) is 2.45. The molecule has 0 bridgehead atoms. The number of benzene rings is 2. The molecule has 0 aromatic heterocycles. The molecule has 0 spiro atoms. The fraction of sp³-hybridized carbons (Fsp3) is 0.375. The van der Waals surface area contributed by atoms with E-state index < -0.39 is 0 Å². The zero-order valence-electron chi connectivity index (χ0n) is 11.7. The molecule has 1 atom stereocenters. The van der Waals surface area contributed by atoms with Crippen molar-refractivity contribution in [1.29, 1.82) is 0 Å². The Morgan fingerprint density at radius 3 is 2.85 bits per heavy atom. The molecule has 0 aliphatic carbocycles. The van der Waals surface area contributed by atoms with Crippen LogP contribution < -0.4 is 10.1 Å². The van der Waals surface area contributed by atoms with Crippen molar-refractivity contribution in [3.05, 3.63) is 40.9 Å². The lowest BCUT2D eigenvalue weighted by Crippen LogP contribution is -2.86. The standard InChI is InChI=1S/C16H20BrNO2/c1-12(19)11-18-9-4-10-20-15-8-7-13-5-2-3-6-14(13)16(15)17/h2-3,5-8,12,18-19H,4,9-11H2,1H3/p+1/t12-/m1/s1. The highest BCUT2D eigenvalue weighted by molar-refractivity contribution is 9.10. The molecule has 4 heteroatoms. The number of hydrogen-bond donors (Lipinski definition) is 2. The Morgan fingerprint density at radius 2 is 2.05 bits per heavy atom. The van der Waals surface area contributed by atoms with E-state index in [0.29, 0.717) is 6.61 Å². The van der Waals surface area contributed by atoms with Crippen molar-refractivity contribution < 1.29 is 15.2 Å². The monoisotopic (exact) mass is 338 g/mol. The molecule has 0 aliphatic rings. The molecule has 0 saturated heterocycles. The lowest BCUT2D eigenvalue weighted by atomic mass is 10.1. The van der Waals surface area contributed by atoms with Crippen molar-refractivity contribution in [2.45, 2.75) is 19.4 Å². The SMILES string of the molecule is C[C@@H](O)C[NH2+]CCCOc1ccc2ccccc2c1Br. The first-order valence-corrected chi connectivity index (χ1v) is 7.77. The first-order chi connectivity index (χ1) is 9.68. The Kier molecular flexibility index (Phi) is 5.83. The molecule has 2 rings (SSSR count). The van der Waals surface area contributed by atoms with E-state index in [1.54, 1.807) is 6.92 Å². The minimum atomic E-state index is -0.245. The fourth-order valence-corrected chi connectivity index (χ4v) is 2.70. The van der Waals surface area contributed by atoms with Gasteiger partial charge in [-0.2, -0.15) is 0 Å². The topological polar surface area (TPSA) is 46.1 Å². The minimum absolute atomic E-state index is 0.245. The highest BCUT2D eigenvalue weighted by atomic mass is 79.9. The Morgan fingerprint density at radius 1 is 1.25 bits per heavy atom. The quantitative estimate of drug-likeness (QED) is 0.761. The van der Waals surface area contributed by atoms with E-state index in [1.165, 1.54) is 10.8 Å². The summed E-state index contributed by atoms with van der Waals surface area (Å²) in [6.45, 7) is 4.21. The normalized spacial score (nSPS) is 12.6. The molecule has 0 saturated carbocycles. The number of aliphatic hydroxyl groups excluding tert-OH is 1. The number of ether oxygens (including phenoxy) is 1. The number of halogens is 1. The van der Waals surface area contributed by atoms with E-state index in [9.17, 15) is 0 Å². The van der Waals surface area contributed by atoms with Crippen molar-refractivity contribution in [2.75, 3.05) is 19.7 Å². The summed E-state index contributed by atoms with van der Waals surface area (Å²) >= 11 is 3.62. The summed E-state index contributed by atoms with van der Waals surface area (Å²) in [5.41, 5.74) is 0. The van der Waals surface area contributed by atoms with Gasteiger partial charge in [0, 0.05) is 6.42 Å². The van der Waals surface area contributed by atoms with Crippen LogP contribution in [-0.4, -0.2) is 30.9 Å². The molecule has 0 unspecified atom stereocenters. The second-order valence-corrected chi connectivity index (χ2v) is 5.76. The molecule has 0 heterocycles. The van der Waals surface area contributed by atoms with Gasteiger partial charge in [-0.3, -0.25) is 0 Å². The third-order valence-corrected chi connectivity index (χ3v) is 3.96. The van der Waals surface area contributed by atoms with Crippen molar-refractivity contribution >= 4 is 26.7 Å². The van der Waals surface area contributed by atoms with E-state index in [0.717, 1.165) is 29.7 Å². The summed E-state index contributed by atoms with van der Waals surface area (Å²) in [5, 5.41) is 13.6. The largest absolute Gasteiger partial charge is 0.492 e. The minimum Gasteiger partial charge on any atom is -0.492 e. The van der Waals surface area contributed by atoms with E-state index in [-0.39, 0.29) is 6.10 Å². The van der Waals surface area contributed by atoms with Gasteiger partial charge in [-0.05, 0) is 39.7 Å². The molecule has 0 fully saturated rings. The molecule has 0 amide bonds. The second-order valence-electron chi connectivity index (χ2n) is 4.96. The van der Waals surface area contributed by atoms with Gasteiger partial charge in [-0.1, -0.05) is 30.3 Å². The maximum Gasteiger partial charge on any atom is 0.134 e. The summed E-state index contributed by atoms with van der Waals surface area (Å²) < 4.78 is 6.84. The van der Waals surface area contributed by atoms with Crippen molar-refractivity contribution in [2.24, 2.45) is 0 Å². The molecule has 20 heavy (non-hydrogen) atoms. The zero-order valence-corrected chi connectivity index (χ0v) is 13.3. The van der Waals surface area contributed by atoms with E-state index >= 15 is 0 Å². The zero-order chi connectivity index (χ0) is 14.4. The first-order valence-electron chi connectivity index (χ1n) is 6.98. The molecule has 0 aliphatic heterocycles. The lowest BCUT2D eigenvalue weighted by Gasteiger charge is -2.10. The van der Waals surface area contributed by atoms with Gasteiger partial charge < -0.3 is 15.2 Å². The van der Waals surface area contributed by atoms with Gasteiger partial charge in [0.15, 0.2) is 0 Å². The van der Waals surface area contributed by atoms with Crippen LogP contribution in [0.1, 0.15) is 13.3 Å². The van der Waals surface area contributed by atoms with E-state index in [1.807, 2.05) is 18.2 Å². The van der Waals surface area contributed by atoms with Gasteiger partial charge >= 0.3 is 0 Å². The van der Waals surface area contributed by atoms with Gasteiger partial charge in [0.2, 0.25) is 0 Å². The van der Waals surface area contributed by atoms with Crippen LogP contribution in [0.5, 0.6) is 5.75 Å². The highest BCUT2D eigenvalue weighted by Gasteiger charge is 2.06. The van der Waals surface area contributed by atoms with Crippen molar-refractivity contribution in [1.82, 2.24) is 0 Å². The van der Waals surface area contributed by atoms with E-state index in [2.05, 4.69) is 39.4 Å². The van der Waals surface area contributed by atoms with Gasteiger partial charge in [0.25, 0.3) is 0 Å². The van der Waals surface area contributed by atoms with Crippen LogP contribution in [0.15, 0.2) is 40.9 Å². The molecule has 108 valence electrons. The summed E-state index contributed by atoms with van der Waals surface area (Å²) in [5.74, 6) is 0.888. The Bertz CT molecular complexity index is 557. The molecule has 2 aromatic carbocycles. The Hall–Kier alpha value is -1.10. The maximum atomic E-state index is 9.16. The molecular weight excluding hydrogens is 318 g/mol. The number of quaternary nitrogens is 1. The second kappa shape index (κ2) is 7.62. The number of nitrogens with two attached hydrogens (primary N) is 1. The number of aliphatic hydroxyl groups is 1. The summed E-state index contributed by atoms with van der Waals surface area (Å²) in [4.78, 5) is 0. The average molecular weight is 339 g/mol. The number of hydrogen-bond acceptors (Lipinski definition) is 2.